The monoisotopic (exact) mass is 238 g/mol. The van der Waals surface area contributed by atoms with Gasteiger partial charge >= 0.3 is 6.09 Å². The molecule has 80 valence electrons. The molecule has 14 heavy (non-hydrogen) atoms. The lowest BCUT2D eigenvalue weighted by molar-refractivity contribution is -0.114. The van der Waals surface area contributed by atoms with Crippen LogP contribution in [0, 0.1) is 0 Å². The van der Waals surface area contributed by atoms with Gasteiger partial charge < -0.3 is 4.74 Å². The van der Waals surface area contributed by atoms with Gasteiger partial charge in [0, 0.05) is 11.8 Å². The molecule has 1 N–H and O–H groups in total. The summed E-state index contributed by atoms with van der Waals surface area (Å²) < 4.78 is 4.88. The lowest BCUT2D eigenvalue weighted by atomic mass is 10.2. The molecule has 0 saturated carbocycles. The van der Waals surface area contributed by atoms with Crippen LogP contribution in [0.15, 0.2) is 0 Å². The maximum Gasteiger partial charge on any atom is 0.423 e. The lowest BCUT2D eigenvalue weighted by Gasteiger charge is -2.23. The molecule has 0 aliphatic heterocycles. The highest BCUT2D eigenvalue weighted by Gasteiger charge is 2.24. The number of nitrogens with one attached hydrogen (secondary N) is 1. The van der Waals surface area contributed by atoms with Gasteiger partial charge in [0.05, 0.1) is 0 Å². The molecule has 0 rings (SSSR count). The van der Waals surface area contributed by atoms with E-state index >= 15 is 0 Å². The van der Waals surface area contributed by atoms with E-state index < -0.39 is 11.7 Å². The minimum Gasteiger partial charge on any atom is -0.443 e. The molecule has 0 aromatic carbocycles. The largest absolute Gasteiger partial charge is 0.443 e. The van der Waals surface area contributed by atoms with E-state index in [0.29, 0.717) is 4.90 Å². The maximum absolute atomic E-state index is 11.3. The zero-order valence-electron chi connectivity index (χ0n) is 8.04. The summed E-state index contributed by atoms with van der Waals surface area (Å²) in [6, 6.07) is 0. The lowest BCUT2D eigenvalue weighted by Crippen LogP contribution is -2.42. The molecule has 0 heterocycles. The number of carbonyl (C=O) groups is 2. The van der Waals surface area contributed by atoms with Crippen molar-refractivity contribution in [2.24, 2.45) is 0 Å². The molecule has 2 amide bonds. The summed E-state index contributed by atoms with van der Waals surface area (Å²) in [4.78, 5) is 24.3. The van der Waals surface area contributed by atoms with E-state index in [4.69, 9.17) is 16.5 Å². The summed E-state index contributed by atoms with van der Waals surface area (Å²) in [5, 5.41) is -0.226. The molecule has 0 radical (unpaired) electrons. The van der Waals surface area contributed by atoms with Crippen LogP contribution < -0.4 is 4.84 Å². The van der Waals surface area contributed by atoms with Crippen molar-refractivity contribution in [1.82, 2.24) is 9.74 Å². The average Bonchev–Trinajstić information content (AvgIpc) is 2.01. The topological polar surface area (TPSA) is 58.6 Å². The SMILES string of the molecule is CC(C)(C)OC(=O)N(C=O)C(=S)NCl. The number of hydrogen-bond acceptors (Lipinski definition) is 4. The molecule has 0 aromatic heterocycles. The van der Waals surface area contributed by atoms with Gasteiger partial charge in [0.1, 0.15) is 5.60 Å². The summed E-state index contributed by atoms with van der Waals surface area (Å²) in [6.45, 7) is 5.02. The summed E-state index contributed by atoms with van der Waals surface area (Å²) in [5.41, 5.74) is -0.694. The van der Waals surface area contributed by atoms with Crippen LogP contribution >= 0.6 is 24.0 Å². The van der Waals surface area contributed by atoms with Crippen molar-refractivity contribution >= 4 is 41.6 Å². The highest BCUT2D eigenvalue weighted by Crippen LogP contribution is 2.09. The normalized spacial score (nSPS) is 10.3. The first-order valence-electron chi connectivity index (χ1n) is 3.70. The number of imide groups is 1. The standard InChI is InChI=1S/C7H11ClN2O3S/c1-7(2,3)13-6(12)10(4-11)5(14)9-8/h4H,1-3H3,(H,9,14). The Morgan fingerprint density at radius 2 is 2.07 bits per heavy atom. The Hall–Kier alpha value is -0.880. The molecular formula is C7H11ClN2O3S. The fraction of sp³-hybridized carbons (Fsp3) is 0.571. The van der Waals surface area contributed by atoms with Crippen LogP contribution in [0.1, 0.15) is 20.8 Å². The van der Waals surface area contributed by atoms with Gasteiger partial charge in [0.15, 0.2) is 5.11 Å². The number of amides is 2. The van der Waals surface area contributed by atoms with Crippen LogP contribution in [-0.2, 0) is 9.53 Å². The predicted octanol–water partition coefficient (Wildman–Crippen LogP) is 1.41. The Morgan fingerprint density at radius 1 is 1.57 bits per heavy atom. The maximum atomic E-state index is 11.3. The minimum atomic E-state index is -0.870. The van der Waals surface area contributed by atoms with Crippen molar-refractivity contribution in [3.63, 3.8) is 0 Å². The van der Waals surface area contributed by atoms with Crippen LogP contribution in [0.2, 0.25) is 0 Å². The Kier molecular flexibility index (Phi) is 4.79. The molecule has 0 aromatic rings. The Balaban J connectivity index is 4.48. The van der Waals surface area contributed by atoms with Gasteiger partial charge in [-0.3, -0.25) is 9.63 Å². The van der Waals surface area contributed by atoms with Crippen molar-refractivity contribution in [1.29, 1.82) is 0 Å². The summed E-state index contributed by atoms with van der Waals surface area (Å²) in [7, 11) is 0. The smallest absolute Gasteiger partial charge is 0.423 e. The van der Waals surface area contributed by atoms with Gasteiger partial charge in [-0.15, -0.1) is 0 Å². The number of hydrogen-bond donors (Lipinski definition) is 1. The molecular weight excluding hydrogens is 228 g/mol. The Bertz CT molecular complexity index is 252. The van der Waals surface area contributed by atoms with Crippen molar-refractivity contribution < 1.29 is 14.3 Å². The average molecular weight is 239 g/mol. The molecule has 0 aliphatic carbocycles. The van der Waals surface area contributed by atoms with Crippen LogP contribution in [0.25, 0.3) is 0 Å². The van der Waals surface area contributed by atoms with Crippen LogP contribution in [0.3, 0.4) is 0 Å². The number of halogens is 1. The van der Waals surface area contributed by atoms with Gasteiger partial charge in [-0.05, 0) is 33.0 Å². The van der Waals surface area contributed by atoms with Crippen molar-refractivity contribution in [3.05, 3.63) is 0 Å². The van der Waals surface area contributed by atoms with E-state index in [0.717, 1.165) is 0 Å². The van der Waals surface area contributed by atoms with Gasteiger partial charge in [0.2, 0.25) is 6.41 Å². The number of nitrogens with zero attached hydrogens (tertiary/aromatic N) is 1. The van der Waals surface area contributed by atoms with E-state index in [1.54, 1.807) is 20.8 Å². The van der Waals surface area contributed by atoms with E-state index in [9.17, 15) is 9.59 Å². The highest BCUT2D eigenvalue weighted by atomic mass is 35.5. The predicted molar refractivity (Wildman–Crippen MR) is 55.7 cm³/mol. The second-order valence-electron chi connectivity index (χ2n) is 3.36. The van der Waals surface area contributed by atoms with Crippen LogP contribution in [-0.4, -0.2) is 28.1 Å². The third-order valence-corrected chi connectivity index (χ3v) is 1.59. The number of carbonyl (C=O) groups excluding carboxylic acids is 2. The van der Waals surface area contributed by atoms with E-state index in [-0.39, 0.29) is 11.5 Å². The third kappa shape index (κ3) is 4.38. The molecule has 0 atom stereocenters. The van der Waals surface area contributed by atoms with Crippen LogP contribution in [0.4, 0.5) is 4.79 Å². The molecule has 5 nitrogen and oxygen atoms in total. The number of rotatable bonds is 1. The minimum absolute atomic E-state index is 0.226. The van der Waals surface area contributed by atoms with Crippen LogP contribution in [0.5, 0.6) is 0 Å². The highest BCUT2D eigenvalue weighted by molar-refractivity contribution is 7.80. The van der Waals surface area contributed by atoms with E-state index in [1.165, 1.54) is 0 Å². The van der Waals surface area contributed by atoms with Crippen molar-refractivity contribution in [3.8, 4) is 0 Å². The summed E-state index contributed by atoms with van der Waals surface area (Å²) >= 11 is 9.73. The van der Waals surface area contributed by atoms with Gasteiger partial charge in [-0.2, -0.15) is 4.90 Å². The first-order valence-corrected chi connectivity index (χ1v) is 4.48. The molecule has 7 heteroatoms. The molecule has 0 aliphatic rings. The summed E-state index contributed by atoms with van der Waals surface area (Å²) in [6.07, 6.45) is -0.642. The Labute approximate surface area is 92.4 Å². The molecule has 0 bridgehead atoms. The second-order valence-corrected chi connectivity index (χ2v) is 3.93. The van der Waals surface area contributed by atoms with Crippen molar-refractivity contribution in [2.75, 3.05) is 0 Å². The van der Waals surface area contributed by atoms with Gasteiger partial charge in [-0.1, -0.05) is 0 Å². The summed E-state index contributed by atoms with van der Waals surface area (Å²) in [5.74, 6) is 0. The van der Waals surface area contributed by atoms with Gasteiger partial charge in [0.25, 0.3) is 0 Å². The number of ether oxygens (including phenoxy) is 1. The van der Waals surface area contributed by atoms with Gasteiger partial charge in [-0.25, -0.2) is 4.79 Å². The quantitative estimate of drug-likeness (QED) is 0.425. The molecule has 0 spiro atoms. The van der Waals surface area contributed by atoms with E-state index in [1.807, 2.05) is 4.84 Å². The Morgan fingerprint density at radius 3 is 2.36 bits per heavy atom. The molecule has 0 unspecified atom stereocenters. The molecule has 0 fully saturated rings. The van der Waals surface area contributed by atoms with E-state index in [2.05, 4.69) is 12.2 Å². The first-order chi connectivity index (χ1) is 6.31. The van der Waals surface area contributed by atoms with Crippen molar-refractivity contribution in [2.45, 2.75) is 26.4 Å². The molecule has 0 saturated heterocycles. The fourth-order valence-electron chi connectivity index (χ4n) is 0.530. The zero-order chi connectivity index (χ0) is 11.4. The second kappa shape index (κ2) is 5.11. The first kappa shape index (κ1) is 13.1. The third-order valence-electron chi connectivity index (χ3n) is 0.995. The number of thiocarbonyl (C=S) groups is 1. The fourth-order valence-corrected chi connectivity index (χ4v) is 0.739. The zero-order valence-corrected chi connectivity index (χ0v) is 9.61.